The zero-order valence-electron chi connectivity index (χ0n) is 10.2. The molecule has 0 spiro atoms. The Morgan fingerprint density at radius 2 is 1.94 bits per heavy atom. The van der Waals surface area contributed by atoms with E-state index in [2.05, 4.69) is 0 Å². The van der Waals surface area contributed by atoms with Crippen LogP contribution in [0.4, 0.5) is 0 Å². The van der Waals surface area contributed by atoms with Gasteiger partial charge in [-0.05, 0) is 37.0 Å². The minimum absolute atomic E-state index is 0.0130. The summed E-state index contributed by atoms with van der Waals surface area (Å²) >= 11 is 0. The molecule has 94 valence electrons. The lowest BCUT2D eigenvalue weighted by molar-refractivity contribution is 0.433. The quantitative estimate of drug-likeness (QED) is 0.834. The number of phenolic OH excluding ortho intramolecular Hbond substituents is 1. The van der Waals surface area contributed by atoms with Crippen molar-refractivity contribution in [3.05, 3.63) is 40.2 Å². The lowest BCUT2D eigenvalue weighted by atomic mass is 9.84. The van der Waals surface area contributed by atoms with Gasteiger partial charge in [-0.15, -0.1) is 0 Å². The molecule has 3 heteroatoms. The van der Waals surface area contributed by atoms with Crippen LogP contribution in [0.3, 0.4) is 0 Å². The second kappa shape index (κ2) is 4.48. The van der Waals surface area contributed by atoms with Crippen molar-refractivity contribution in [2.24, 2.45) is 0 Å². The average Bonchev–Trinajstić information content (AvgIpc) is 2.41. The largest absolute Gasteiger partial charge is 0.508 e. The van der Waals surface area contributed by atoms with Crippen LogP contribution in [0.15, 0.2) is 33.7 Å². The molecule has 0 aliphatic heterocycles. The van der Waals surface area contributed by atoms with Gasteiger partial charge in [0, 0.05) is 5.56 Å². The molecule has 3 rings (SSSR count). The van der Waals surface area contributed by atoms with Crippen LogP contribution in [0.5, 0.6) is 5.75 Å². The van der Waals surface area contributed by atoms with Gasteiger partial charge >= 0.3 is 0 Å². The van der Waals surface area contributed by atoms with Crippen LogP contribution in [0, 0.1) is 0 Å². The first-order valence-electron chi connectivity index (χ1n) is 6.50. The molecule has 1 aliphatic carbocycles. The van der Waals surface area contributed by atoms with Gasteiger partial charge in [0.25, 0.3) is 0 Å². The van der Waals surface area contributed by atoms with Crippen LogP contribution < -0.4 is 5.43 Å². The van der Waals surface area contributed by atoms with Gasteiger partial charge in [-0.2, -0.15) is 0 Å². The number of hydrogen-bond acceptors (Lipinski definition) is 3. The summed E-state index contributed by atoms with van der Waals surface area (Å²) in [4.78, 5) is 12.4. The molecule has 1 fully saturated rings. The highest BCUT2D eigenvalue weighted by Crippen LogP contribution is 2.32. The van der Waals surface area contributed by atoms with Crippen LogP contribution in [0.25, 0.3) is 11.0 Å². The Bertz CT molecular complexity index is 621. The number of benzene rings is 1. The molecule has 2 aromatic rings. The Morgan fingerprint density at radius 3 is 2.72 bits per heavy atom. The Hall–Kier alpha value is -1.77. The second-order valence-corrected chi connectivity index (χ2v) is 5.04. The number of fused-ring (bicyclic) bond motifs is 1. The van der Waals surface area contributed by atoms with E-state index in [1.807, 2.05) is 0 Å². The first-order chi connectivity index (χ1) is 8.75. The zero-order chi connectivity index (χ0) is 12.5. The highest BCUT2D eigenvalue weighted by Gasteiger charge is 2.20. The molecule has 1 aliphatic rings. The maximum atomic E-state index is 12.4. The lowest BCUT2D eigenvalue weighted by Crippen LogP contribution is -2.15. The van der Waals surface area contributed by atoms with Crippen LogP contribution in [0.2, 0.25) is 0 Å². The Balaban J connectivity index is 2.13. The van der Waals surface area contributed by atoms with Gasteiger partial charge < -0.3 is 9.52 Å². The van der Waals surface area contributed by atoms with E-state index in [1.165, 1.54) is 31.4 Å². The maximum Gasteiger partial charge on any atom is 0.196 e. The van der Waals surface area contributed by atoms with Crippen molar-refractivity contribution in [2.45, 2.75) is 38.0 Å². The van der Waals surface area contributed by atoms with Gasteiger partial charge in [-0.1, -0.05) is 19.3 Å². The first-order valence-corrected chi connectivity index (χ1v) is 6.50. The van der Waals surface area contributed by atoms with Crippen molar-refractivity contribution >= 4 is 11.0 Å². The molecule has 1 N–H and O–H groups in total. The number of rotatable bonds is 1. The Labute approximate surface area is 105 Å². The summed E-state index contributed by atoms with van der Waals surface area (Å²) in [6.45, 7) is 0. The predicted octanol–water partition coefficient (Wildman–Crippen LogP) is 3.55. The summed E-state index contributed by atoms with van der Waals surface area (Å²) in [5.41, 5.74) is 1.32. The number of hydrogen-bond donors (Lipinski definition) is 1. The van der Waals surface area contributed by atoms with E-state index in [4.69, 9.17) is 4.42 Å². The van der Waals surface area contributed by atoms with E-state index >= 15 is 0 Å². The molecule has 0 bridgehead atoms. The van der Waals surface area contributed by atoms with E-state index in [1.54, 1.807) is 12.3 Å². The van der Waals surface area contributed by atoms with E-state index in [0.29, 0.717) is 16.9 Å². The molecule has 18 heavy (non-hydrogen) atoms. The van der Waals surface area contributed by atoms with Crippen molar-refractivity contribution < 1.29 is 9.52 Å². The van der Waals surface area contributed by atoms with Crippen molar-refractivity contribution in [1.82, 2.24) is 0 Å². The summed E-state index contributed by atoms with van der Waals surface area (Å²) in [5.74, 6) is 0.428. The van der Waals surface area contributed by atoms with Gasteiger partial charge in [0.05, 0.1) is 11.6 Å². The highest BCUT2D eigenvalue weighted by atomic mass is 16.3. The highest BCUT2D eigenvalue weighted by molar-refractivity contribution is 5.78. The maximum absolute atomic E-state index is 12.4. The molecule has 0 amide bonds. The smallest absolute Gasteiger partial charge is 0.196 e. The molecule has 1 saturated carbocycles. The minimum Gasteiger partial charge on any atom is -0.508 e. The topological polar surface area (TPSA) is 50.4 Å². The second-order valence-electron chi connectivity index (χ2n) is 5.04. The van der Waals surface area contributed by atoms with Gasteiger partial charge in [0.1, 0.15) is 11.3 Å². The summed E-state index contributed by atoms with van der Waals surface area (Å²) in [7, 11) is 0. The molecule has 1 aromatic heterocycles. The van der Waals surface area contributed by atoms with Gasteiger partial charge in [0.2, 0.25) is 0 Å². The average molecular weight is 244 g/mol. The molecular formula is C15H16O3. The predicted molar refractivity (Wildman–Crippen MR) is 70.0 cm³/mol. The van der Waals surface area contributed by atoms with E-state index < -0.39 is 0 Å². The van der Waals surface area contributed by atoms with Crippen molar-refractivity contribution in [1.29, 1.82) is 0 Å². The van der Waals surface area contributed by atoms with Gasteiger partial charge in [-0.3, -0.25) is 4.79 Å². The summed E-state index contributed by atoms with van der Waals surface area (Å²) in [6.07, 6.45) is 7.36. The number of phenols is 1. The fourth-order valence-electron chi connectivity index (χ4n) is 2.83. The Morgan fingerprint density at radius 1 is 1.17 bits per heavy atom. The molecule has 1 heterocycles. The molecule has 0 radical (unpaired) electrons. The van der Waals surface area contributed by atoms with Crippen molar-refractivity contribution in [3.8, 4) is 5.75 Å². The molecule has 3 nitrogen and oxygen atoms in total. The zero-order valence-corrected chi connectivity index (χ0v) is 10.2. The summed E-state index contributed by atoms with van der Waals surface area (Å²) in [6, 6.07) is 4.66. The third kappa shape index (κ3) is 1.90. The third-order valence-electron chi connectivity index (χ3n) is 3.83. The van der Waals surface area contributed by atoms with Crippen LogP contribution >= 0.6 is 0 Å². The van der Waals surface area contributed by atoms with Crippen molar-refractivity contribution in [2.75, 3.05) is 0 Å². The van der Waals surface area contributed by atoms with E-state index in [0.717, 1.165) is 18.4 Å². The fraction of sp³-hybridized carbons (Fsp3) is 0.400. The van der Waals surface area contributed by atoms with E-state index in [9.17, 15) is 9.90 Å². The van der Waals surface area contributed by atoms with E-state index in [-0.39, 0.29) is 11.2 Å². The Kier molecular flexibility index (Phi) is 2.82. The standard InChI is InChI=1S/C15H16O3/c16-11-6-7-14-12(8-11)15(17)13(9-18-14)10-4-2-1-3-5-10/h6-10,16H,1-5H2. The number of aromatic hydroxyl groups is 1. The molecule has 0 atom stereocenters. The van der Waals surface area contributed by atoms with Gasteiger partial charge in [0.15, 0.2) is 5.43 Å². The lowest BCUT2D eigenvalue weighted by Gasteiger charge is -2.20. The van der Waals surface area contributed by atoms with Crippen LogP contribution in [-0.4, -0.2) is 5.11 Å². The first kappa shape index (κ1) is 11.3. The SMILES string of the molecule is O=c1c(C2CCCCC2)coc2ccc(O)cc12. The van der Waals surface area contributed by atoms with Crippen LogP contribution in [0.1, 0.15) is 43.6 Å². The van der Waals surface area contributed by atoms with Gasteiger partial charge in [-0.25, -0.2) is 0 Å². The molecule has 0 unspecified atom stereocenters. The molecular weight excluding hydrogens is 228 g/mol. The third-order valence-corrected chi connectivity index (χ3v) is 3.83. The van der Waals surface area contributed by atoms with Crippen molar-refractivity contribution in [3.63, 3.8) is 0 Å². The normalized spacial score (nSPS) is 17.1. The summed E-state index contributed by atoms with van der Waals surface area (Å²) in [5, 5.41) is 9.96. The minimum atomic E-state index is 0.0130. The molecule has 0 saturated heterocycles. The summed E-state index contributed by atoms with van der Waals surface area (Å²) < 4.78 is 5.52. The molecule has 1 aromatic carbocycles. The monoisotopic (exact) mass is 244 g/mol. The fourth-order valence-corrected chi connectivity index (χ4v) is 2.83. The van der Waals surface area contributed by atoms with Crippen LogP contribution in [-0.2, 0) is 0 Å².